The molecule has 0 radical (unpaired) electrons. The molecule has 1 heterocycles. The van der Waals surface area contributed by atoms with Crippen LogP contribution in [0.3, 0.4) is 0 Å². The Hall–Kier alpha value is -0.440. The topological polar surface area (TPSA) is 75.3 Å². The summed E-state index contributed by atoms with van der Waals surface area (Å²) >= 11 is 4.56. The van der Waals surface area contributed by atoms with Gasteiger partial charge in [-0.2, -0.15) is 0 Å². The summed E-state index contributed by atoms with van der Waals surface area (Å²) in [6.07, 6.45) is 0. The van der Waals surface area contributed by atoms with Crippen LogP contribution in [-0.4, -0.2) is 27.4 Å². The largest absolute Gasteiger partial charge is 0.355 e. The van der Waals surface area contributed by atoms with Crippen LogP contribution in [0.5, 0.6) is 0 Å². The summed E-state index contributed by atoms with van der Waals surface area (Å²) in [7, 11) is -3.61. The van der Waals surface area contributed by atoms with E-state index in [0.717, 1.165) is 3.79 Å². The van der Waals surface area contributed by atoms with Crippen molar-refractivity contribution < 1.29 is 13.2 Å². The van der Waals surface area contributed by atoms with Crippen molar-refractivity contribution in [3.05, 3.63) is 14.7 Å². The highest BCUT2D eigenvalue weighted by molar-refractivity contribution is 9.11. The standard InChI is InChI=1S/C9H13BrN2O3S2/c1-3-11-9(13)5-12-17(14,15)7-4-8(10)16-6(7)2/h4,12H,3,5H2,1-2H3,(H,11,13). The second kappa shape index (κ2) is 5.94. The molecule has 17 heavy (non-hydrogen) atoms. The smallest absolute Gasteiger partial charge is 0.242 e. The molecule has 0 saturated heterocycles. The van der Waals surface area contributed by atoms with E-state index in [2.05, 4.69) is 26.0 Å². The summed E-state index contributed by atoms with van der Waals surface area (Å²) in [5.74, 6) is -0.344. The van der Waals surface area contributed by atoms with Crippen LogP contribution in [0.15, 0.2) is 14.7 Å². The summed E-state index contributed by atoms with van der Waals surface area (Å²) in [6, 6.07) is 1.53. The van der Waals surface area contributed by atoms with E-state index in [0.29, 0.717) is 11.4 Å². The normalized spacial score (nSPS) is 11.5. The summed E-state index contributed by atoms with van der Waals surface area (Å²) in [5, 5.41) is 2.52. The molecule has 0 unspecified atom stereocenters. The lowest BCUT2D eigenvalue weighted by molar-refractivity contribution is -0.119. The lowest BCUT2D eigenvalue weighted by Gasteiger charge is -2.05. The molecule has 0 aliphatic rings. The number of aryl methyl sites for hydroxylation is 1. The molecule has 2 N–H and O–H groups in total. The van der Waals surface area contributed by atoms with Gasteiger partial charge in [0.2, 0.25) is 15.9 Å². The molecular formula is C9H13BrN2O3S2. The van der Waals surface area contributed by atoms with Crippen LogP contribution in [0.25, 0.3) is 0 Å². The minimum absolute atomic E-state index is 0.207. The van der Waals surface area contributed by atoms with E-state index >= 15 is 0 Å². The number of nitrogens with one attached hydrogen (secondary N) is 2. The van der Waals surface area contributed by atoms with Crippen molar-refractivity contribution in [2.75, 3.05) is 13.1 Å². The van der Waals surface area contributed by atoms with Gasteiger partial charge in [-0.15, -0.1) is 11.3 Å². The third kappa shape index (κ3) is 4.06. The first-order valence-electron chi connectivity index (χ1n) is 4.89. The predicted molar refractivity (Wildman–Crippen MR) is 70.6 cm³/mol. The van der Waals surface area contributed by atoms with Gasteiger partial charge in [0, 0.05) is 11.4 Å². The third-order valence-electron chi connectivity index (χ3n) is 1.93. The number of hydrogen-bond acceptors (Lipinski definition) is 4. The Morgan fingerprint density at radius 2 is 2.18 bits per heavy atom. The number of halogens is 1. The van der Waals surface area contributed by atoms with Crippen LogP contribution in [-0.2, 0) is 14.8 Å². The van der Waals surface area contributed by atoms with E-state index in [-0.39, 0.29) is 17.3 Å². The van der Waals surface area contributed by atoms with Crippen molar-refractivity contribution in [1.29, 1.82) is 0 Å². The van der Waals surface area contributed by atoms with Gasteiger partial charge in [-0.25, -0.2) is 13.1 Å². The fourth-order valence-electron chi connectivity index (χ4n) is 1.20. The number of amides is 1. The van der Waals surface area contributed by atoms with Gasteiger partial charge in [-0.3, -0.25) is 4.79 Å². The molecule has 0 aliphatic carbocycles. The fourth-order valence-corrected chi connectivity index (χ4v) is 4.59. The first-order valence-corrected chi connectivity index (χ1v) is 7.98. The molecule has 0 aromatic carbocycles. The van der Waals surface area contributed by atoms with Gasteiger partial charge in [0.15, 0.2) is 0 Å². The molecule has 1 amide bonds. The van der Waals surface area contributed by atoms with Crippen molar-refractivity contribution in [2.45, 2.75) is 18.7 Å². The van der Waals surface area contributed by atoms with E-state index in [1.165, 1.54) is 17.4 Å². The highest BCUT2D eigenvalue weighted by Gasteiger charge is 2.19. The van der Waals surface area contributed by atoms with Crippen LogP contribution >= 0.6 is 27.3 Å². The van der Waals surface area contributed by atoms with Gasteiger partial charge in [-0.05, 0) is 35.8 Å². The summed E-state index contributed by atoms with van der Waals surface area (Å²) in [4.78, 5) is 12.1. The number of carbonyl (C=O) groups excluding carboxylic acids is 1. The van der Waals surface area contributed by atoms with Crippen molar-refractivity contribution >= 4 is 43.2 Å². The van der Waals surface area contributed by atoms with Crippen molar-refractivity contribution in [3.8, 4) is 0 Å². The molecular weight excluding hydrogens is 328 g/mol. The average Bonchev–Trinajstić information content (AvgIpc) is 2.56. The zero-order valence-corrected chi connectivity index (χ0v) is 12.6. The Labute approximate surface area is 113 Å². The molecule has 8 heteroatoms. The van der Waals surface area contributed by atoms with Gasteiger partial charge in [-0.1, -0.05) is 0 Å². The quantitative estimate of drug-likeness (QED) is 0.846. The number of carbonyl (C=O) groups is 1. The first-order chi connectivity index (χ1) is 7.86. The second-order valence-corrected chi connectivity index (χ2v) is 7.62. The Balaban J connectivity index is 2.76. The van der Waals surface area contributed by atoms with E-state index in [1.807, 2.05) is 0 Å². The second-order valence-electron chi connectivity index (χ2n) is 3.25. The SMILES string of the molecule is CCNC(=O)CNS(=O)(=O)c1cc(Br)sc1C. The molecule has 0 aliphatic heterocycles. The summed E-state index contributed by atoms with van der Waals surface area (Å²) in [5.41, 5.74) is 0. The third-order valence-corrected chi connectivity index (χ3v) is 5.14. The Morgan fingerprint density at radius 1 is 1.53 bits per heavy atom. The molecule has 1 rings (SSSR count). The minimum Gasteiger partial charge on any atom is -0.355 e. The number of likely N-dealkylation sites (N-methyl/N-ethyl adjacent to an activating group) is 1. The van der Waals surface area contributed by atoms with Crippen molar-refractivity contribution in [3.63, 3.8) is 0 Å². The molecule has 0 atom stereocenters. The first kappa shape index (κ1) is 14.6. The van der Waals surface area contributed by atoms with Gasteiger partial charge in [0.1, 0.15) is 0 Å². The van der Waals surface area contributed by atoms with E-state index in [9.17, 15) is 13.2 Å². The molecule has 0 bridgehead atoms. The average molecular weight is 341 g/mol. The Bertz CT molecular complexity index is 510. The van der Waals surface area contributed by atoms with Crippen LogP contribution in [0.2, 0.25) is 0 Å². The number of sulfonamides is 1. The maximum atomic E-state index is 11.9. The molecule has 1 aromatic rings. The zero-order valence-electron chi connectivity index (χ0n) is 9.41. The number of thiophene rings is 1. The highest BCUT2D eigenvalue weighted by Crippen LogP contribution is 2.29. The van der Waals surface area contributed by atoms with E-state index < -0.39 is 10.0 Å². The predicted octanol–water partition coefficient (Wildman–Crippen LogP) is 1.23. The molecule has 0 saturated carbocycles. The molecule has 96 valence electrons. The summed E-state index contributed by atoms with van der Waals surface area (Å²) in [6.45, 7) is 3.72. The van der Waals surface area contributed by atoms with Crippen LogP contribution in [0.4, 0.5) is 0 Å². The molecule has 1 aromatic heterocycles. The van der Waals surface area contributed by atoms with Crippen LogP contribution < -0.4 is 10.0 Å². The lowest BCUT2D eigenvalue weighted by Crippen LogP contribution is -2.36. The molecule has 5 nitrogen and oxygen atoms in total. The van der Waals surface area contributed by atoms with E-state index in [4.69, 9.17) is 0 Å². The monoisotopic (exact) mass is 340 g/mol. The van der Waals surface area contributed by atoms with Gasteiger partial charge in [0.05, 0.1) is 15.2 Å². The zero-order chi connectivity index (χ0) is 13.1. The van der Waals surface area contributed by atoms with Gasteiger partial charge in [0.25, 0.3) is 0 Å². The molecule has 0 spiro atoms. The van der Waals surface area contributed by atoms with Crippen LogP contribution in [0, 0.1) is 6.92 Å². The fraction of sp³-hybridized carbons (Fsp3) is 0.444. The minimum atomic E-state index is -3.61. The summed E-state index contributed by atoms with van der Waals surface area (Å²) < 4.78 is 26.7. The molecule has 0 fully saturated rings. The van der Waals surface area contributed by atoms with Gasteiger partial charge >= 0.3 is 0 Å². The maximum Gasteiger partial charge on any atom is 0.242 e. The van der Waals surface area contributed by atoms with Crippen LogP contribution in [0.1, 0.15) is 11.8 Å². The lowest BCUT2D eigenvalue weighted by atomic mass is 10.5. The van der Waals surface area contributed by atoms with Crippen molar-refractivity contribution in [1.82, 2.24) is 10.0 Å². The Morgan fingerprint density at radius 3 is 2.65 bits per heavy atom. The number of hydrogen-bond donors (Lipinski definition) is 2. The Kier molecular flexibility index (Phi) is 5.11. The van der Waals surface area contributed by atoms with Gasteiger partial charge < -0.3 is 5.32 Å². The van der Waals surface area contributed by atoms with E-state index in [1.54, 1.807) is 13.8 Å². The van der Waals surface area contributed by atoms with Crippen molar-refractivity contribution in [2.24, 2.45) is 0 Å². The maximum absolute atomic E-state index is 11.9. The highest BCUT2D eigenvalue weighted by atomic mass is 79.9. The number of rotatable bonds is 5.